The Kier molecular flexibility index (Phi) is 5.21. The molecule has 1 aliphatic heterocycles. The summed E-state index contributed by atoms with van der Waals surface area (Å²) in [5, 5.41) is 0. The Balaban J connectivity index is 1.62. The van der Waals surface area contributed by atoms with E-state index < -0.39 is 10.0 Å². The van der Waals surface area contributed by atoms with Gasteiger partial charge < -0.3 is 10.2 Å². The Morgan fingerprint density at radius 2 is 1.54 bits per heavy atom. The molecular formula is C21H17BrN2O3S. The molecule has 28 heavy (non-hydrogen) atoms. The number of ether oxygens (including phenoxy) is 1. The Hall–Kier alpha value is -2.61. The summed E-state index contributed by atoms with van der Waals surface area (Å²) in [7, 11) is -3.72. The van der Waals surface area contributed by atoms with Crippen LogP contribution in [-0.4, -0.2) is 8.42 Å². The zero-order valence-corrected chi connectivity index (χ0v) is 17.1. The van der Waals surface area contributed by atoms with Crippen LogP contribution in [0.3, 0.4) is 0 Å². The zero-order valence-electron chi connectivity index (χ0n) is 14.7. The molecule has 0 saturated heterocycles. The van der Waals surface area contributed by atoms with Crippen LogP contribution in [0, 0.1) is 0 Å². The lowest BCUT2D eigenvalue weighted by Crippen LogP contribution is -2.37. The van der Waals surface area contributed by atoms with Crippen LogP contribution in [-0.2, 0) is 10.0 Å². The highest BCUT2D eigenvalue weighted by Gasteiger charge is 2.23. The molecule has 0 radical (unpaired) electrons. The van der Waals surface area contributed by atoms with Gasteiger partial charge in [0, 0.05) is 10.0 Å². The first-order valence-corrected chi connectivity index (χ1v) is 10.9. The van der Waals surface area contributed by atoms with Crippen LogP contribution in [0.5, 0.6) is 5.75 Å². The first-order valence-electron chi connectivity index (χ1n) is 8.59. The second kappa shape index (κ2) is 7.79. The van der Waals surface area contributed by atoms with Crippen molar-refractivity contribution < 1.29 is 13.2 Å². The van der Waals surface area contributed by atoms with E-state index in [4.69, 9.17) is 4.74 Å². The summed E-state index contributed by atoms with van der Waals surface area (Å²) in [4.78, 5) is 2.63. The minimum Gasteiger partial charge on any atom is -0.481 e. The highest BCUT2D eigenvalue weighted by atomic mass is 79.9. The van der Waals surface area contributed by atoms with Crippen molar-refractivity contribution in [3.05, 3.63) is 101 Å². The fourth-order valence-corrected chi connectivity index (χ4v) is 4.04. The minimum atomic E-state index is -3.72. The highest BCUT2D eigenvalue weighted by Crippen LogP contribution is 2.35. The van der Waals surface area contributed by atoms with Crippen molar-refractivity contribution in [2.45, 2.75) is 11.0 Å². The van der Waals surface area contributed by atoms with Gasteiger partial charge in [-0.25, -0.2) is 8.42 Å². The number of nitrogens with one attached hydrogen (secondary N) is 2. The lowest BCUT2D eigenvalue weighted by Gasteiger charge is -2.26. The summed E-state index contributed by atoms with van der Waals surface area (Å²) in [6, 6.07) is 23.7. The molecule has 0 spiro atoms. The Morgan fingerprint density at radius 3 is 2.29 bits per heavy atom. The number of fused-ring (bicyclic) bond motifs is 1. The van der Waals surface area contributed by atoms with E-state index in [1.165, 1.54) is 12.1 Å². The third kappa shape index (κ3) is 3.96. The molecule has 1 atom stereocenters. The maximum atomic E-state index is 12.6. The number of hydrogen-bond donors (Lipinski definition) is 2. The number of sulfonamides is 1. The molecule has 3 aromatic rings. The average molecular weight is 457 g/mol. The van der Waals surface area contributed by atoms with E-state index in [1.807, 2.05) is 60.7 Å². The van der Waals surface area contributed by atoms with Crippen LogP contribution in [0.15, 0.2) is 94.3 Å². The molecule has 0 amide bonds. The molecule has 1 heterocycles. The van der Waals surface area contributed by atoms with Gasteiger partial charge in [0.15, 0.2) is 0 Å². The Bertz CT molecular complexity index is 1110. The molecule has 0 unspecified atom stereocenters. The normalized spacial score (nSPS) is 15.9. The molecule has 2 N–H and O–H groups in total. The first kappa shape index (κ1) is 18.7. The maximum absolute atomic E-state index is 12.6. The van der Waals surface area contributed by atoms with Gasteiger partial charge in [-0.1, -0.05) is 58.4 Å². The summed E-state index contributed by atoms with van der Waals surface area (Å²) >= 11 is 3.31. The van der Waals surface area contributed by atoms with Crippen LogP contribution < -0.4 is 15.0 Å². The van der Waals surface area contributed by atoms with E-state index in [0.29, 0.717) is 11.4 Å². The van der Waals surface area contributed by atoms with Gasteiger partial charge in [0.25, 0.3) is 10.0 Å². The zero-order chi connectivity index (χ0) is 19.6. The Labute approximate surface area is 172 Å². The molecule has 0 saturated carbocycles. The lowest BCUT2D eigenvalue weighted by atomic mass is 10.0. The molecule has 0 bridgehead atoms. The van der Waals surface area contributed by atoms with E-state index in [-0.39, 0.29) is 11.0 Å². The topological polar surface area (TPSA) is 67.4 Å². The van der Waals surface area contributed by atoms with Gasteiger partial charge in [0.2, 0.25) is 0 Å². The number of hydrogen-bond acceptors (Lipinski definition) is 4. The van der Waals surface area contributed by atoms with Gasteiger partial charge in [-0.15, -0.1) is 4.83 Å². The molecule has 3 aromatic carbocycles. The van der Waals surface area contributed by atoms with Crippen LogP contribution in [0.25, 0.3) is 5.70 Å². The molecule has 5 nitrogen and oxygen atoms in total. The van der Waals surface area contributed by atoms with Gasteiger partial charge >= 0.3 is 0 Å². The predicted octanol–water partition coefficient (Wildman–Crippen LogP) is 4.41. The van der Waals surface area contributed by atoms with Crippen LogP contribution in [0.1, 0.15) is 17.2 Å². The summed E-state index contributed by atoms with van der Waals surface area (Å²) in [5.41, 5.74) is 5.26. The summed E-state index contributed by atoms with van der Waals surface area (Å²) < 4.78 is 32.1. The minimum absolute atomic E-state index is 0.170. The third-order valence-corrected chi connectivity index (χ3v) is 6.11. The van der Waals surface area contributed by atoms with E-state index in [9.17, 15) is 8.42 Å². The molecule has 142 valence electrons. The highest BCUT2D eigenvalue weighted by molar-refractivity contribution is 9.10. The molecular weight excluding hydrogens is 440 g/mol. The molecule has 0 aromatic heterocycles. The standard InChI is InChI=1S/C21H17BrN2O3S/c22-16-10-12-17(13-11-16)28(25,26)24-23-19-14-21(15-6-2-1-3-7-15)27-20-9-5-4-8-18(19)20/h1-14,21,23-24H/t21-/m0/s1. The number of hydrazine groups is 1. The summed E-state index contributed by atoms with van der Waals surface area (Å²) in [6.07, 6.45) is 1.54. The number of rotatable bonds is 5. The lowest BCUT2D eigenvalue weighted by molar-refractivity contribution is 0.249. The molecule has 0 aliphatic carbocycles. The van der Waals surface area contributed by atoms with Crippen molar-refractivity contribution in [1.29, 1.82) is 0 Å². The van der Waals surface area contributed by atoms with E-state index in [2.05, 4.69) is 26.2 Å². The fourth-order valence-electron chi connectivity index (χ4n) is 2.91. The first-order chi connectivity index (χ1) is 13.5. The van der Waals surface area contributed by atoms with Crippen LogP contribution in [0.4, 0.5) is 0 Å². The van der Waals surface area contributed by atoms with Crippen LogP contribution >= 0.6 is 15.9 Å². The van der Waals surface area contributed by atoms with Gasteiger partial charge in [-0.2, -0.15) is 0 Å². The monoisotopic (exact) mass is 456 g/mol. The number of para-hydroxylation sites is 1. The van der Waals surface area contributed by atoms with E-state index in [1.54, 1.807) is 12.1 Å². The summed E-state index contributed by atoms with van der Waals surface area (Å²) in [5.74, 6) is 0.684. The van der Waals surface area contributed by atoms with Crippen molar-refractivity contribution in [3.8, 4) is 5.75 Å². The SMILES string of the molecule is O=S(=O)(NNC1=C[C@@H](c2ccccc2)Oc2ccccc21)c1ccc(Br)cc1. The van der Waals surface area contributed by atoms with Gasteiger partial charge in [-0.3, -0.25) is 0 Å². The summed E-state index contributed by atoms with van der Waals surface area (Å²) in [6.45, 7) is 0. The number of halogens is 1. The van der Waals surface area contributed by atoms with Gasteiger partial charge in [0.05, 0.1) is 10.6 Å². The van der Waals surface area contributed by atoms with Gasteiger partial charge in [-0.05, 0) is 48.0 Å². The smallest absolute Gasteiger partial charge is 0.257 e. The van der Waals surface area contributed by atoms with Crippen molar-refractivity contribution >= 4 is 31.7 Å². The van der Waals surface area contributed by atoms with Crippen molar-refractivity contribution in [2.24, 2.45) is 0 Å². The molecule has 4 rings (SSSR count). The van der Waals surface area contributed by atoms with E-state index in [0.717, 1.165) is 15.6 Å². The van der Waals surface area contributed by atoms with Crippen molar-refractivity contribution in [2.75, 3.05) is 0 Å². The van der Waals surface area contributed by atoms with Crippen LogP contribution in [0.2, 0.25) is 0 Å². The van der Waals surface area contributed by atoms with Gasteiger partial charge in [0.1, 0.15) is 11.9 Å². The van der Waals surface area contributed by atoms with E-state index >= 15 is 0 Å². The Morgan fingerprint density at radius 1 is 0.857 bits per heavy atom. The molecule has 0 fully saturated rings. The average Bonchev–Trinajstić information content (AvgIpc) is 2.73. The quantitative estimate of drug-likeness (QED) is 0.558. The second-order valence-electron chi connectivity index (χ2n) is 6.21. The fraction of sp³-hybridized carbons (Fsp3) is 0.0476. The number of benzene rings is 3. The van der Waals surface area contributed by atoms with Crippen molar-refractivity contribution in [3.63, 3.8) is 0 Å². The second-order valence-corrected chi connectivity index (χ2v) is 8.81. The maximum Gasteiger partial charge on any atom is 0.257 e. The third-order valence-electron chi connectivity index (χ3n) is 4.32. The molecule has 7 heteroatoms. The predicted molar refractivity (Wildman–Crippen MR) is 112 cm³/mol. The largest absolute Gasteiger partial charge is 0.481 e. The van der Waals surface area contributed by atoms with Crippen molar-refractivity contribution in [1.82, 2.24) is 10.3 Å². The molecule has 1 aliphatic rings.